The van der Waals surface area contributed by atoms with Gasteiger partial charge in [0.15, 0.2) is 6.10 Å². The van der Waals surface area contributed by atoms with Crippen LogP contribution in [0.25, 0.3) is 0 Å². The molecule has 0 aromatic heterocycles. The van der Waals surface area contributed by atoms with E-state index in [2.05, 4.69) is 10.0 Å². The molecule has 0 bridgehead atoms. The van der Waals surface area contributed by atoms with E-state index in [0.29, 0.717) is 28.6 Å². The van der Waals surface area contributed by atoms with E-state index < -0.39 is 16.1 Å². The number of hydrogen-bond donors (Lipinski definition) is 2. The van der Waals surface area contributed by atoms with Gasteiger partial charge in [-0.15, -0.1) is 0 Å². The van der Waals surface area contributed by atoms with Gasteiger partial charge in [-0.1, -0.05) is 48.9 Å². The Balaban J connectivity index is 1.68. The Morgan fingerprint density at radius 3 is 2.29 bits per heavy atom. The zero-order valence-corrected chi connectivity index (χ0v) is 18.7. The number of rotatable bonds is 8. The maximum Gasteiger partial charge on any atom is 0.265 e. The molecule has 0 saturated heterocycles. The van der Waals surface area contributed by atoms with Crippen LogP contribution in [0.15, 0.2) is 77.7 Å². The minimum Gasteiger partial charge on any atom is -0.479 e. The van der Waals surface area contributed by atoms with Crippen molar-refractivity contribution in [2.45, 2.75) is 31.3 Å². The zero-order valence-electron chi connectivity index (χ0n) is 17.1. The summed E-state index contributed by atoms with van der Waals surface area (Å²) in [6.07, 6.45) is -0.310. The lowest BCUT2D eigenvalue weighted by Crippen LogP contribution is -2.32. The summed E-state index contributed by atoms with van der Waals surface area (Å²) in [4.78, 5) is 12.7. The number of sulfonamides is 1. The fraction of sp³-hybridized carbons (Fsp3) is 0.174. The first kappa shape index (κ1) is 22.7. The van der Waals surface area contributed by atoms with Gasteiger partial charge in [0.2, 0.25) is 0 Å². The number of anilines is 2. The normalized spacial score (nSPS) is 12.1. The van der Waals surface area contributed by atoms with Crippen LogP contribution in [0.3, 0.4) is 0 Å². The van der Waals surface area contributed by atoms with Crippen LogP contribution in [0.2, 0.25) is 5.02 Å². The molecule has 3 aromatic carbocycles. The molecule has 0 radical (unpaired) electrons. The highest BCUT2D eigenvalue weighted by molar-refractivity contribution is 7.92. The van der Waals surface area contributed by atoms with E-state index >= 15 is 0 Å². The van der Waals surface area contributed by atoms with Crippen LogP contribution in [-0.4, -0.2) is 20.4 Å². The minimum atomic E-state index is -3.75. The van der Waals surface area contributed by atoms with Crippen molar-refractivity contribution < 1.29 is 17.9 Å². The Bertz CT molecular complexity index is 1160. The Morgan fingerprint density at radius 1 is 1.00 bits per heavy atom. The fourth-order valence-electron chi connectivity index (χ4n) is 2.85. The lowest BCUT2D eigenvalue weighted by atomic mass is 10.2. The lowest BCUT2D eigenvalue weighted by Gasteiger charge is -2.18. The molecule has 0 aliphatic rings. The van der Waals surface area contributed by atoms with E-state index in [1.165, 1.54) is 24.3 Å². The summed E-state index contributed by atoms with van der Waals surface area (Å²) >= 11 is 6.10. The van der Waals surface area contributed by atoms with Crippen LogP contribution >= 0.6 is 11.6 Å². The van der Waals surface area contributed by atoms with E-state index in [1.54, 1.807) is 36.4 Å². The summed E-state index contributed by atoms with van der Waals surface area (Å²) in [7, 11) is -3.75. The summed E-state index contributed by atoms with van der Waals surface area (Å²) in [5.41, 5.74) is 1.79. The van der Waals surface area contributed by atoms with Gasteiger partial charge in [0.05, 0.1) is 15.6 Å². The summed E-state index contributed by atoms with van der Waals surface area (Å²) in [5, 5.41) is 3.17. The molecule has 1 unspecified atom stereocenters. The third-order valence-electron chi connectivity index (χ3n) is 4.59. The molecule has 162 valence electrons. The van der Waals surface area contributed by atoms with Crippen LogP contribution in [0.1, 0.15) is 18.9 Å². The Kier molecular flexibility index (Phi) is 7.20. The highest BCUT2D eigenvalue weighted by Gasteiger charge is 2.20. The molecule has 0 aliphatic carbocycles. The average molecular weight is 459 g/mol. The number of halogens is 1. The molecule has 6 nitrogen and oxygen atoms in total. The van der Waals surface area contributed by atoms with Crippen molar-refractivity contribution in [1.29, 1.82) is 0 Å². The summed E-state index contributed by atoms with van der Waals surface area (Å²) in [5.74, 6) is 0.0750. The largest absolute Gasteiger partial charge is 0.479 e. The van der Waals surface area contributed by atoms with Crippen LogP contribution in [0.4, 0.5) is 11.4 Å². The first-order valence-electron chi connectivity index (χ1n) is 9.70. The van der Waals surface area contributed by atoms with Gasteiger partial charge in [-0.25, -0.2) is 8.42 Å². The number of hydrogen-bond acceptors (Lipinski definition) is 4. The Hall–Kier alpha value is -3.03. The van der Waals surface area contributed by atoms with Gasteiger partial charge < -0.3 is 10.1 Å². The topological polar surface area (TPSA) is 84.5 Å². The van der Waals surface area contributed by atoms with E-state index in [9.17, 15) is 13.2 Å². The lowest BCUT2D eigenvalue weighted by molar-refractivity contribution is -0.122. The molecule has 1 atom stereocenters. The van der Waals surface area contributed by atoms with Gasteiger partial charge in [0, 0.05) is 5.69 Å². The molecular weight excluding hydrogens is 436 g/mol. The van der Waals surface area contributed by atoms with E-state index in [4.69, 9.17) is 16.3 Å². The van der Waals surface area contributed by atoms with Gasteiger partial charge in [0.1, 0.15) is 5.75 Å². The van der Waals surface area contributed by atoms with Crippen LogP contribution in [0.5, 0.6) is 5.75 Å². The van der Waals surface area contributed by atoms with Crippen LogP contribution in [0, 0.1) is 6.92 Å². The summed E-state index contributed by atoms with van der Waals surface area (Å²) in [6, 6.07) is 20.0. The highest BCUT2D eigenvalue weighted by atomic mass is 35.5. The smallest absolute Gasteiger partial charge is 0.265 e. The monoisotopic (exact) mass is 458 g/mol. The van der Waals surface area contributed by atoms with Crippen LogP contribution in [-0.2, 0) is 14.8 Å². The van der Waals surface area contributed by atoms with Crippen molar-refractivity contribution in [3.63, 3.8) is 0 Å². The van der Waals surface area contributed by atoms with Crippen molar-refractivity contribution in [2.24, 2.45) is 0 Å². The number of carbonyl (C=O) groups is 1. The molecule has 0 fully saturated rings. The van der Waals surface area contributed by atoms with Crippen molar-refractivity contribution in [2.75, 3.05) is 10.0 Å². The summed E-state index contributed by atoms with van der Waals surface area (Å²) in [6.45, 7) is 3.65. The summed E-state index contributed by atoms with van der Waals surface area (Å²) < 4.78 is 33.6. The quantitative estimate of drug-likeness (QED) is 0.483. The minimum absolute atomic E-state index is 0.0908. The van der Waals surface area contributed by atoms with Crippen LogP contribution < -0.4 is 14.8 Å². The number of benzene rings is 3. The first-order valence-corrected chi connectivity index (χ1v) is 11.6. The Morgan fingerprint density at radius 2 is 1.65 bits per heavy atom. The maximum absolute atomic E-state index is 12.6. The Labute approximate surface area is 187 Å². The number of aryl methyl sites for hydroxylation is 1. The first-order chi connectivity index (χ1) is 14.8. The van der Waals surface area contributed by atoms with Gasteiger partial charge in [-0.3, -0.25) is 9.52 Å². The van der Waals surface area contributed by atoms with Crippen molar-refractivity contribution in [1.82, 2.24) is 0 Å². The van der Waals surface area contributed by atoms with Gasteiger partial charge >= 0.3 is 0 Å². The standard InChI is InChI=1S/C23H23ClN2O4S/c1-3-21(30-22-11-7-5-9-19(22)24)23(27)25-17-12-14-18(15-13-17)31(28,29)26-20-10-6-4-8-16(20)2/h4-15,21,26H,3H2,1-2H3,(H,25,27). The number of amides is 1. The number of para-hydroxylation sites is 2. The highest BCUT2D eigenvalue weighted by Crippen LogP contribution is 2.25. The zero-order chi connectivity index (χ0) is 22.4. The molecule has 3 rings (SSSR count). The third-order valence-corrected chi connectivity index (χ3v) is 6.28. The predicted octanol–water partition coefficient (Wildman–Crippen LogP) is 5.25. The van der Waals surface area contributed by atoms with E-state index in [1.807, 2.05) is 26.0 Å². The SMILES string of the molecule is CCC(Oc1ccccc1Cl)C(=O)Nc1ccc(S(=O)(=O)Nc2ccccc2C)cc1. The second kappa shape index (κ2) is 9.85. The number of nitrogens with one attached hydrogen (secondary N) is 2. The van der Waals surface area contributed by atoms with Crippen molar-refractivity contribution in [3.05, 3.63) is 83.4 Å². The number of carbonyl (C=O) groups excluding carboxylic acids is 1. The maximum atomic E-state index is 12.6. The average Bonchev–Trinajstić information content (AvgIpc) is 2.75. The molecule has 0 saturated carbocycles. The fourth-order valence-corrected chi connectivity index (χ4v) is 4.16. The molecule has 0 spiro atoms. The predicted molar refractivity (Wildman–Crippen MR) is 123 cm³/mol. The molecule has 31 heavy (non-hydrogen) atoms. The molecule has 3 aromatic rings. The molecule has 1 amide bonds. The van der Waals surface area contributed by atoms with Gasteiger partial charge in [-0.05, 0) is 61.4 Å². The van der Waals surface area contributed by atoms with Crippen molar-refractivity contribution in [3.8, 4) is 5.75 Å². The third kappa shape index (κ3) is 5.77. The molecule has 8 heteroatoms. The number of ether oxygens (including phenoxy) is 1. The molecule has 0 aliphatic heterocycles. The molecule has 2 N–H and O–H groups in total. The van der Waals surface area contributed by atoms with E-state index in [-0.39, 0.29) is 10.8 Å². The van der Waals surface area contributed by atoms with Gasteiger partial charge in [-0.2, -0.15) is 0 Å². The second-order valence-electron chi connectivity index (χ2n) is 6.88. The van der Waals surface area contributed by atoms with Crippen molar-refractivity contribution >= 4 is 38.9 Å². The second-order valence-corrected chi connectivity index (χ2v) is 8.97. The molecule has 0 heterocycles. The van der Waals surface area contributed by atoms with E-state index in [0.717, 1.165) is 5.56 Å². The molecular formula is C23H23ClN2O4S. The van der Waals surface area contributed by atoms with Gasteiger partial charge in [0.25, 0.3) is 15.9 Å².